The number of aliphatic hydroxyl groups excluding tert-OH is 1. The van der Waals surface area contributed by atoms with Crippen LogP contribution in [0.25, 0.3) is 0 Å². The molecule has 3 heteroatoms. The fourth-order valence-corrected chi connectivity index (χ4v) is 1.43. The molecule has 1 rings (SSSR count). The van der Waals surface area contributed by atoms with E-state index < -0.39 is 0 Å². The summed E-state index contributed by atoms with van der Waals surface area (Å²) in [6.45, 7) is 5.20. The van der Waals surface area contributed by atoms with Gasteiger partial charge < -0.3 is 10.0 Å². The lowest BCUT2D eigenvalue weighted by molar-refractivity contribution is -0.134. The van der Waals surface area contributed by atoms with Gasteiger partial charge in [0.25, 0.3) is 0 Å². The number of amides is 1. The van der Waals surface area contributed by atoms with Crippen LogP contribution in [0.5, 0.6) is 0 Å². The van der Waals surface area contributed by atoms with Gasteiger partial charge in [0.05, 0.1) is 6.10 Å². The van der Waals surface area contributed by atoms with Crippen LogP contribution >= 0.6 is 0 Å². The van der Waals surface area contributed by atoms with E-state index in [1.165, 1.54) is 0 Å². The summed E-state index contributed by atoms with van der Waals surface area (Å²) in [6, 6.07) is 0. The molecule has 1 heterocycles. The summed E-state index contributed by atoms with van der Waals surface area (Å²) in [5.74, 6) is 0.296. The van der Waals surface area contributed by atoms with Gasteiger partial charge in [-0.15, -0.1) is 0 Å². The van der Waals surface area contributed by atoms with Crippen LogP contribution < -0.4 is 0 Å². The molecule has 1 fully saturated rings. The summed E-state index contributed by atoms with van der Waals surface area (Å²) in [7, 11) is 0. The fourth-order valence-electron chi connectivity index (χ4n) is 1.43. The topological polar surface area (TPSA) is 40.5 Å². The molecule has 1 aliphatic rings. The summed E-state index contributed by atoms with van der Waals surface area (Å²) in [5.41, 5.74) is 0. The quantitative estimate of drug-likeness (QED) is 0.662. The van der Waals surface area contributed by atoms with Crippen LogP contribution in [0.3, 0.4) is 0 Å². The predicted octanol–water partition coefficient (Wildman–Crippen LogP) is 0.626. The molecule has 12 heavy (non-hydrogen) atoms. The second kappa shape index (κ2) is 3.90. The average molecular weight is 171 g/mol. The van der Waals surface area contributed by atoms with Crippen LogP contribution in [0.4, 0.5) is 0 Å². The fraction of sp³-hybridized carbons (Fsp3) is 0.889. The Morgan fingerprint density at radius 1 is 1.75 bits per heavy atom. The molecule has 70 valence electrons. The molecule has 1 aliphatic heterocycles. The smallest absolute Gasteiger partial charge is 0.225 e. The highest BCUT2D eigenvalue weighted by Gasteiger charge is 2.26. The van der Waals surface area contributed by atoms with Gasteiger partial charge in [0.2, 0.25) is 5.91 Å². The van der Waals surface area contributed by atoms with Crippen molar-refractivity contribution in [1.29, 1.82) is 0 Å². The highest BCUT2D eigenvalue weighted by molar-refractivity contribution is 5.78. The third-order valence-corrected chi connectivity index (χ3v) is 2.51. The molecule has 0 bridgehead atoms. The first-order valence-electron chi connectivity index (χ1n) is 4.62. The van der Waals surface area contributed by atoms with Crippen molar-refractivity contribution < 1.29 is 9.90 Å². The number of carbonyl (C=O) groups is 1. The lowest BCUT2D eigenvalue weighted by Crippen LogP contribution is -2.33. The Hall–Kier alpha value is -0.570. The molecule has 0 aromatic heterocycles. The van der Waals surface area contributed by atoms with Crippen molar-refractivity contribution in [3.8, 4) is 0 Å². The first-order chi connectivity index (χ1) is 5.65. The standard InChI is InChI=1S/C9H17NO2/c1-3-7(2)9(12)10-5-4-8(11)6-10/h7-8,11H,3-6H2,1-2H3. The maximum atomic E-state index is 11.5. The molecule has 3 nitrogen and oxygen atoms in total. The molecule has 0 aromatic carbocycles. The zero-order valence-electron chi connectivity index (χ0n) is 7.79. The lowest BCUT2D eigenvalue weighted by atomic mass is 10.1. The first kappa shape index (κ1) is 9.52. The van der Waals surface area contributed by atoms with Crippen LogP contribution in [-0.4, -0.2) is 35.1 Å². The van der Waals surface area contributed by atoms with Crippen LogP contribution in [0.1, 0.15) is 26.7 Å². The van der Waals surface area contributed by atoms with Gasteiger partial charge in [-0.25, -0.2) is 0 Å². The molecule has 1 N–H and O–H groups in total. The molecule has 2 unspecified atom stereocenters. The van der Waals surface area contributed by atoms with Crippen molar-refractivity contribution in [3.05, 3.63) is 0 Å². The summed E-state index contributed by atoms with van der Waals surface area (Å²) in [4.78, 5) is 13.3. The zero-order chi connectivity index (χ0) is 9.14. The number of likely N-dealkylation sites (tertiary alicyclic amines) is 1. The second-order valence-corrected chi connectivity index (χ2v) is 3.54. The summed E-state index contributed by atoms with van der Waals surface area (Å²) >= 11 is 0. The third-order valence-electron chi connectivity index (χ3n) is 2.51. The Balaban J connectivity index is 2.43. The Kier molecular flexibility index (Phi) is 3.09. The molecule has 2 atom stereocenters. The van der Waals surface area contributed by atoms with Gasteiger partial charge in [0.1, 0.15) is 0 Å². The van der Waals surface area contributed by atoms with Crippen molar-refractivity contribution in [3.63, 3.8) is 0 Å². The summed E-state index contributed by atoms with van der Waals surface area (Å²) in [6.07, 6.45) is 1.33. The molecule has 1 saturated heterocycles. The Labute approximate surface area is 73.4 Å². The SMILES string of the molecule is CCC(C)C(=O)N1CCC(O)C1. The van der Waals surface area contributed by atoms with E-state index in [9.17, 15) is 9.90 Å². The van der Waals surface area contributed by atoms with Crippen LogP contribution in [0.2, 0.25) is 0 Å². The molecule has 0 radical (unpaired) electrons. The monoisotopic (exact) mass is 171 g/mol. The van der Waals surface area contributed by atoms with Crippen molar-refractivity contribution >= 4 is 5.91 Å². The van der Waals surface area contributed by atoms with Gasteiger partial charge in [-0.3, -0.25) is 4.79 Å². The molecule has 0 saturated carbocycles. The highest BCUT2D eigenvalue weighted by atomic mass is 16.3. The molecule has 0 spiro atoms. The van der Waals surface area contributed by atoms with Crippen LogP contribution in [0, 0.1) is 5.92 Å². The maximum Gasteiger partial charge on any atom is 0.225 e. The van der Waals surface area contributed by atoms with Gasteiger partial charge in [-0.05, 0) is 12.8 Å². The lowest BCUT2D eigenvalue weighted by Gasteiger charge is -2.19. The van der Waals surface area contributed by atoms with Crippen molar-refractivity contribution in [2.75, 3.05) is 13.1 Å². The molecule has 0 aliphatic carbocycles. The average Bonchev–Trinajstić information content (AvgIpc) is 2.49. The van der Waals surface area contributed by atoms with E-state index in [1.54, 1.807) is 4.90 Å². The summed E-state index contributed by atoms with van der Waals surface area (Å²) < 4.78 is 0. The second-order valence-electron chi connectivity index (χ2n) is 3.54. The van der Waals surface area contributed by atoms with Gasteiger partial charge in [0.15, 0.2) is 0 Å². The molecular formula is C9H17NO2. The van der Waals surface area contributed by atoms with Crippen molar-refractivity contribution in [2.24, 2.45) is 5.92 Å². The van der Waals surface area contributed by atoms with Gasteiger partial charge >= 0.3 is 0 Å². The normalized spacial score (nSPS) is 25.9. The van der Waals surface area contributed by atoms with Gasteiger partial charge in [0, 0.05) is 19.0 Å². The minimum absolute atomic E-state index is 0.107. The van der Waals surface area contributed by atoms with E-state index >= 15 is 0 Å². The number of β-amino-alcohol motifs (C(OH)–C–C–N with tert-alkyl or cyclic N) is 1. The van der Waals surface area contributed by atoms with Crippen molar-refractivity contribution in [2.45, 2.75) is 32.8 Å². The van der Waals surface area contributed by atoms with Gasteiger partial charge in [-0.1, -0.05) is 13.8 Å². The number of hydrogen-bond acceptors (Lipinski definition) is 2. The molecular weight excluding hydrogens is 154 g/mol. The Morgan fingerprint density at radius 3 is 2.83 bits per heavy atom. The van der Waals surface area contributed by atoms with E-state index in [0.29, 0.717) is 6.54 Å². The summed E-state index contributed by atoms with van der Waals surface area (Å²) in [5, 5.41) is 9.21. The van der Waals surface area contributed by atoms with E-state index in [1.807, 2.05) is 13.8 Å². The number of nitrogens with zero attached hydrogens (tertiary/aromatic N) is 1. The number of carbonyl (C=O) groups excluding carboxylic acids is 1. The number of hydrogen-bond donors (Lipinski definition) is 1. The van der Waals surface area contributed by atoms with Crippen molar-refractivity contribution in [1.82, 2.24) is 4.90 Å². The predicted molar refractivity (Wildman–Crippen MR) is 46.7 cm³/mol. The Bertz CT molecular complexity index is 170. The van der Waals surface area contributed by atoms with E-state index in [-0.39, 0.29) is 17.9 Å². The molecule has 0 aromatic rings. The molecule has 1 amide bonds. The first-order valence-corrected chi connectivity index (χ1v) is 4.62. The maximum absolute atomic E-state index is 11.5. The van der Waals surface area contributed by atoms with E-state index in [4.69, 9.17) is 0 Å². The minimum Gasteiger partial charge on any atom is -0.391 e. The number of aliphatic hydroxyl groups is 1. The third kappa shape index (κ3) is 1.97. The van der Waals surface area contributed by atoms with Crippen LogP contribution in [0.15, 0.2) is 0 Å². The van der Waals surface area contributed by atoms with Gasteiger partial charge in [-0.2, -0.15) is 0 Å². The van der Waals surface area contributed by atoms with E-state index in [2.05, 4.69) is 0 Å². The minimum atomic E-state index is -0.294. The van der Waals surface area contributed by atoms with E-state index in [0.717, 1.165) is 19.4 Å². The zero-order valence-corrected chi connectivity index (χ0v) is 7.79. The highest BCUT2D eigenvalue weighted by Crippen LogP contribution is 2.14. The largest absolute Gasteiger partial charge is 0.391 e. The number of rotatable bonds is 2. The Morgan fingerprint density at radius 2 is 2.42 bits per heavy atom. The van der Waals surface area contributed by atoms with Crippen LogP contribution in [-0.2, 0) is 4.79 Å².